The highest BCUT2D eigenvalue weighted by molar-refractivity contribution is 5.87. The minimum absolute atomic E-state index is 0.0286. The third-order valence-electron chi connectivity index (χ3n) is 5.84. The van der Waals surface area contributed by atoms with Crippen molar-refractivity contribution < 1.29 is 14.2 Å². The summed E-state index contributed by atoms with van der Waals surface area (Å²) in [5.74, 6) is 0.627. The molecule has 0 saturated heterocycles. The third kappa shape index (κ3) is 3.61. The minimum atomic E-state index is -0.723. The monoisotopic (exact) mass is 451 g/mol. The molecule has 2 heterocycles. The van der Waals surface area contributed by atoms with Crippen molar-refractivity contribution in [2.75, 3.05) is 7.11 Å². The Bertz CT molecular complexity index is 1520. The molecular formula is C27H21N3O4. The maximum Gasteiger partial charge on any atom is 0.256 e. The molecule has 0 aliphatic carbocycles. The fourth-order valence-corrected chi connectivity index (χ4v) is 4.22. The molecule has 1 aromatic heterocycles. The number of allylic oxidation sites excluding steroid dienone is 1. The summed E-state index contributed by atoms with van der Waals surface area (Å²) >= 11 is 0. The second-order valence-electron chi connectivity index (χ2n) is 7.85. The average Bonchev–Trinajstić information content (AvgIpc) is 2.87. The Kier molecular flexibility index (Phi) is 5.40. The lowest BCUT2D eigenvalue weighted by Gasteiger charge is -2.27. The molecule has 0 amide bonds. The van der Waals surface area contributed by atoms with Crippen LogP contribution >= 0.6 is 0 Å². The summed E-state index contributed by atoms with van der Waals surface area (Å²) in [7, 11) is 1.54. The first-order valence-electron chi connectivity index (χ1n) is 10.7. The number of nitriles is 1. The van der Waals surface area contributed by atoms with Crippen LogP contribution in [0, 0.1) is 11.3 Å². The van der Waals surface area contributed by atoms with Gasteiger partial charge in [-0.25, -0.2) is 0 Å². The molecule has 1 atom stereocenters. The molecule has 0 radical (unpaired) electrons. The van der Waals surface area contributed by atoms with Crippen LogP contribution in [0.5, 0.6) is 17.2 Å². The Hall–Kier alpha value is -4.70. The molecule has 0 saturated carbocycles. The quantitative estimate of drug-likeness (QED) is 0.467. The lowest BCUT2D eigenvalue weighted by molar-refractivity contribution is 0.284. The molecule has 1 aliphatic rings. The van der Waals surface area contributed by atoms with Crippen LogP contribution in [0.15, 0.2) is 89.0 Å². The van der Waals surface area contributed by atoms with Crippen LogP contribution < -0.4 is 25.5 Å². The molecule has 1 aliphatic heterocycles. The van der Waals surface area contributed by atoms with Gasteiger partial charge in [-0.15, -0.1) is 0 Å². The summed E-state index contributed by atoms with van der Waals surface area (Å²) < 4.78 is 17.3. The molecule has 1 unspecified atom stereocenters. The molecule has 34 heavy (non-hydrogen) atoms. The zero-order chi connectivity index (χ0) is 23.7. The summed E-state index contributed by atoms with van der Waals surface area (Å²) in [5, 5.41) is 10.6. The fraction of sp³-hybridized carbons (Fsp3) is 0.111. The van der Waals surface area contributed by atoms with Crippen LogP contribution in [0.25, 0.3) is 10.9 Å². The number of hydrogen-bond donors (Lipinski definition) is 2. The topological polar surface area (TPSA) is 110 Å². The zero-order valence-corrected chi connectivity index (χ0v) is 18.4. The maximum atomic E-state index is 13.1. The first kappa shape index (κ1) is 21.2. The number of benzene rings is 3. The molecule has 168 valence electrons. The van der Waals surface area contributed by atoms with Crippen LogP contribution in [0.2, 0.25) is 0 Å². The van der Waals surface area contributed by atoms with Crippen molar-refractivity contribution >= 4 is 10.9 Å². The van der Waals surface area contributed by atoms with Crippen molar-refractivity contribution in [1.29, 1.82) is 5.26 Å². The van der Waals surface area contributed by atoms with Gasteiger partial charge in [0.25, 0.3) is 5.56 Å². The van der Waals surface area contributed by atoms with E-state index in [1.54, 1.807) is 25.3 Å². The van der Waals surface area contributed by atoms with Gasteiger partial charge in [0.2, 0.25) is 5.88 Å². The van der Waals surface area contributed by atoms with Gasteiger partial charge < -0.3 is 24.9 Å². The van der Waals surface area contributed by atoms with Crippen LogP contribution in [-0.2, 0) is 6.61 Å². The van der Waals surface area contributed by atoms with E-state index < -0.39 is 5.92 Å². The standard InChI is InChI=1S/C27H21N3O4/c1-32-22-13-17(11-12-21(22)33-15-16-7-3-2-4-8-16)23-19(14-28)26(29)34-25-18-9-5-6-10-20(18)30-27(31)24(23)25/h2-13,23H,15,29H2,1H3,(H,30,31). The predicted molar refractivity (Wildman–Crippen MR) is 128 cm³/mol. The molecule has 3 aromatic carbocycles. The van der Waals surface area contributed by atoms with Crippen LogP contribution in [0.3, 0.4) is 0 Å². The fourth-order valence-electron chi connectivity index (χ4n) is 4.22. The molecule has 0 bridgehead atoms. The Morgan fingerprint density at radius 2 is 1.82 bits per heavy atom. The van der Waals surface area contributed by atoms with Gasteiger partial charge in [0.15, 0.2) is 11.5 Å². The smallest absolute Gasteiger partial charge is 0.256 e. The van der Waals surface area contributed by atoms with Crippen molar-refractivity contribution in [1.82, 2.24) is 4.98 Å². The van der Waals surface area contributed by atoms with Gasteiger partial charge in [0, 0.05) is 5.39 Å². The number of pyridine rings is 1. The number of hydrogen-bond acceptors (Lipinski definition) is 6. The second kappa shape index (κ2) is 8.68. The van der Waals surface area contributed by atoms with E-state index in [1.165, 1.54) is 0 Å². The highest BCUT2D eigenvalue weighted by Crippen LogP contribution is 2.44. The van der Waals surface area contributed by atoms with Crippen molar-refractivity contribution in [3.8, 4) is 23.3 Å². The Balaban J connectivity index is 1.61. The third-order valence-corrected chi connectivity index (χ3v) is 5.84. The lowest BCUT2D eigenvalue weighted by Crippen LogP contribution is -2.27. The Labute approximate surface area is 195 Å². The molecular weight excluding hydrogens is 430 g/mol. The number of fused-ring (bicyclic) bond motifs is 3. The zero-order valence-electron chi connectivity index (χ0n) is 18.4. The average molecular weight is 451 g/mol. The number of nitrogens with two attached hydrogens (primary N) is 1. The second-order valence-corrected chi connectivity index (χ2v) is 7.85. The number of ether oxygens (including phenoxy) is 3. The van der Waals surface area contributed by atoms with Gasteiger partial charge in [0.1, 0.15) is 24.0 Å². The van der Waals surface area contributed by atoms with E-state index in [9.17, 15) is 10.1 Å². The molecule has 0 fully saturated rings. The number of H-pyrrole nitrogens is 1. The number of aromatic amines is 1. The van der Waals surface area contributed by atoms with Crippen molar-refractivity contribution in [2.45, 2.75) is 12.5 Å². The van der Waals surface area contributed by atoms with Crippen LogP contribution in [0.4, 0.5) is 0 Å². The summed E-state index contributed by atoms with van der Waals surface area (Å²) in [6.45, 7) is 0.374. The SMILES string of the molecule is COc1cc(C2C(C#N)=C(N)Oc3c2c(=O)[nH]c2ccccc32)ccc1OCc1ccccc1. The van der Waals surface area contributed by atoms with Crippen LogP contribution in [-0.4, -0.2) is 12.1 Å². The molecule has 7 nitrogen and oxygen atoms in total. The maximum absolute atomic E-state index is 13.1. The van der Waals surface area contributed by atoms with Crippen molar-refractivity contribution in [3.63, 3.8) is 0 Å². The van der Waals surface area contributed by atoms with E-state index in [0.717, 1.165) is 5.56 Å². The first-order valence-corrected chi connectivity index (χ1v) is 10.7. The van der Waals surface area contributed by atoms with E-state index >= 15 is 0 Å². The van der Waals surface area contributed by atoms with Gasteiger partial charge >= 0.3 is 0 Å². The molecule has 0 spiro atoms. The van der Waals surface area contributed by atoms with Crippen LogP contribution in [0.1, 0.15) is 22.6 Å². The Morgan fingerprint density at radius 3 is 2.59 bits per heavy atom. The largest absolute Gasteiger partial charge is 0.493 e. The molecule has 5 rings (SSSR count). The van der Waals surface area contributed by atoms with Crippen molar-refractivity contribution in [2.24, 2.45) is 5.73 Å². The summed E-state index contributed by atoms with van der Waals surface area (Å²) in [6.07, 6.45) is 0. The lowest BCUT2D eigenvalue weighted by atomic mass is 9.83. The summed E-state index contributed by atoms with van der Waals surface area (Å²) in [6, 6.07) is 24.6. The van der Waals surface area contributed by atoms with E-state index in [2.05, 4.69) is 11.1 Å². The number of nitrogens with one attached hydrogen (secondary N) is 1. The molecule has 7 heteroatoms. The molecule has 3 N–H and O–H groups in total. The summed E-state index contributed by atoms with van der Waals surface area (Å²) in [5.41, 5.74) is 8.60. The highest BCUT2D eigenvalue weighted by Gasteiger charge is 2.35. The number of methoxy groups -OCH3 is 1. The first-order chi connectivity index (χ1) is 16.6. The highest BCUT2D eigenvalue weighted by atomic mass is 16.5. The molecule has 4 aromatic rings. The van der Waals surface area contributed by atoms with E-state index in [1.807, 2.05) is 54.6 Å². The van der Waals surface area contributed by atoms with E-state index in [4.69, 9.17) is 19.9 Å². The van der Waals surface area contributed by atoms with Gasteiger partial charge in [-0.05, 0) is 35.4 Å². The van der Waals surface area contributed by atoms with Gasteiger partial charge in [-0.3, -0.25) is 4.79 Å². The summed E-state index contributed by atoms with van der Waals surface area (Å²) in [4.78, 5) is 16.0. The number of aromatic nitrogens is 1. The minimum Gasteiger partial charge on any atom is -0.493 e. The number of rotatable bonds is 5. The van der Waals surface area contributed by atoms with E-state index in [0.29, 0.717) is 45.9 Å². The van der Waals surface area contributed by atoms with Crippen molar-refractivity contribution in [3.05, 3.63) is 111 Å². The predicted octanol–water partition coefficient (Wildman–Crippen LogP) is 4.33. The Morgan fingerprint density at radius 1 is 1.06 bits per heavy atom. The van der Waals surface area contributed by atoms with Gasteiger partial charge in [-0.2, -0.15) is 5.26 Å². The number of para-hydroxylation sites is 1. The van der Waals surface area contributed by atoms with Gasteiger partial charge in [-0.1, -0.05) is 48.5 Å². The number of nitrogens with zero attached hydrogens (tertiary/aromatic N) is 1. The van der Waals surface area contributed by atoms with Gasteiger partial charge in [0.05, 0.1) is 24.1 Å². The van der Waals surface area contributed by atoms with E-state index in [-0.39, 0.29) is 17.0 Å². The normalized spacial score (nSPS) is 14.8.